The zero-order valence-corrected chi connectivity index (χ0v) is 16.5. The highest BCUT2D eigenvalue weighted by molar-refractivity contribution is 7.89. The maximum absolute atomic E-state index is 12.6. The maximum Gasteiger partial charge on any atom is 0.243 e. The Morgan fingerprint density at radius 2 is 1.62 bits per heavy atom. The summed E-state index contributed by atoms with van der Waals surface area (Å²) < 4.78 is 26.4. The molecule has 7 heteroatoms. The first-order valence-electron chi connectivity index (χ1n) is 9.29. The van der Waals surface area contributed by atoms with Crippen LogP contribution in [-0.4, -0.2) is 37.8 Å². The van der Waals surface area contributed by atoms with Gasteiger partial charge in [0.05, 0.1) is 11.4 Å². The molecule has 0 saturated heterocycles. The third kappa shape index (κ3) is 3.39. The van der Waals surface area contributed by atoms with Gasteiger partial charge in [0.2, 0.25) is 15.9 Å². The standard InChI is InChI=1S/C19H25ClN2O3S/c1-22(26(24,25)17-4-2-16(20)3-5-17)12-18(23)21-19-9-13-6-14(10-19)8-15(7-13)11-19/h2-5,13-15H,6-12H2,1H3,(H,21,23). The van der Waals surface area contributed by atoms with Gasteiger partial charge in [0.25, 0.3) is 0 Å². The summed E-state index contributed by atoms with van der Waals surface area (Å²) in [6.45, 7) is -0.160. The summed E-state index contributed by atoms with van der Waals surface area (Å²) in [6.07, 6.45) is 7.08. The van der Waals surface area contributed by atoms with Gasteiger partial charge in [-0.1, -0.05) is 11.6 Å². The summed E-state index contributed by atoms with van der Waals surface area (Å²) in [6, 6.07) is 6.01. The molecule has 26 heavy (non-hydrogen) atoms. The van der Waals surface area contributed by atoms with Crippen LogP contribution < -0.4 is 5.32 Å². The normalized spacial score (nSPS) is 32.8. The van der Waals surface area contributed by atoms with Crippen LogP contribution in [0.4, 0.5) is 0 Å². The Morgan fingerprint density at radius 3 is 2.12 bits per heavy atom. The number of halogens is 1. The van der Waals surface area contributed by atoms with E-state index in [1.165, 1.54) is 50.6 Å². The number of hydrogen-bond acceptors (Lipinski definition) is 3. The predicted octanol–water partition coefficient (Wildman–Crippen LogP) is 3.05. The first kappa shape index (κ1) is 18.3. The van der Waals surface area contributed by atoms with Crippen molar-refractivity contribution in [2.45, 2.75) is 49.0 Å². The average molecular weight is 397 g/mol. The Balaban J connectivity index is 1.42. The molecule has 1 N–H and O–H groups in total. The molecule has 0 unspecified atom stereocenters. The molecule has 0 spiro atoms. The highest BCUT2D eigenvalue weighted by Crippen LogP contribution is 2.55. The van der Waals surface area contributed by atoms with Crippen LogP contribution in [0.15, 0.2) is 29.2 Å². The van der Waals surface area contributed by atoms with Gasteiger partial charge in [0.15, 0.2) is 0 Å². The summed E-state index contributed by atoms with van der Waals surface area (Å²) >= 11 is 5.83. The molecule has 0 aliphatic heterocycles. The fourth-order valence-electron chi connectivity index (χ4n) is 5.67. The first-order chi connectivity index (χ1) is 12.3. The van der Waals surface area contributed by atoms with Crippen LogP contribution in [0.1, 0.15) is 38.5 Å². The van der Waals surface area contributed by atoms with Crippen molar-refractivity contribution >= 4 is 27.5 Å². The number of nitrogens with one attached hydrogen (secondary N) is 1. The zero-order chi connectivity index (χ0) is 18.5. The van der Waals surface area contributed by atoms with E-state index in [1.807, 2.05) is 0 Å². The van der Waals surface area contributed by atoms with Crippen LogP contribution in [0, 0.1) is 17.8 Å². The molecule has 4 aliphatic carbocycles. The Hall–Kier alpha value is -1.11. The molecule has 5 nitrogen and oxygen atoms in total. The van der Waals surface area contributed by atoms with E-state index in [-0.39, 0.29) is 22.9 Å². The molecule has 142 valence electrons. The van der Waals surface area contributed by atoms with Crippen LogP contribution in [0.2, 0.25) is 5.02 Å². The summed E-state index contributed by atoms with van der Waals surface area (Å²) in [5, 5.41) is 3.70. The second-order valence-electron chi connectivity index (χ2n) is 8.46. The van der Waals surface area contributed by atoms with Crippen LogP contribution in [0.3, 0.4) is 0 Å². The van der Waals surface area contributed by atoms with Gasteiger partial charge in [0, 0.05) is 17.6 Å². The number of carbonyl (C=O) groups is 1. The van der Waals surface area contributed by atoms with Gasteiger partial charge < -0.3 is 5.32 Å². The molecule has 5 rings (SSSR count). The largest absolute Gasteiger partial charge is 0.349 e. The molecule has 4 aliphatic rings. The molecule has 4 bridgehead atoms. The van der Waals surface area contributed by atoms with Crippen molar-refractivity contribution in [3.63, 3.8) is 0 Å². The molecule has 0 heterocycles. The Labute approximate surface area is 160 Å². The second kappa shape index (κ2) is 6.50. The lowest BCUT2D eigenvalue weighted by atomic mass is 9.53. The molecule has 0 radical (unpaired) electrons. The van der Waals surface area contributed by atoms with E-state index in [4.69, 9.17) is 11.6 Å². The number of amides is 1. The smallest absolute Gasteiger partial charge is 0.243 e. The number of sulfonamides is 1. The van der Waals surface area contributed by atoms with Crippen LogP contribution >= 0.6 is 11.6 Å². The number of benzene rings is 1. The minimum atomic E-state index is -3.70. The number of hydrogen-bond donors (Lipinski definition) is 1. The van der Waals surface area contributed by atoms with E-state index in [0.29, 0.717) is 5.02 Å². The van der Waals surface area contributed by atoms with Crippen molar-refractivity contribution in [3.8, 4) is 0 Å². The zero-order valence-electron chi connectivity index (χ0n) is 14.9. The van der Waals surface area contributed by atoms with Crippen LogP contribution in [0.5, 0.6) is 0 Å². The van der Waals surface area contributed by atoms with E-state index >= 15 is 0 Å². The molecule has 0 aromatic heterocycles. The third-order valence-corrected chi connectivity index (χ3v) is 8.40. The highest BCUT2D eigenvalue weighted by atomic mass is 35.5. The van der Waals surface area contributed by atoms with E-state index in [0.717, 1.165) is 41.3 Å². The van der Waals surface area contributed by atoms with E-state index < -0.39 is 10.0 Å². The van der Waals surface area contributed by atoms with Gasteiger partial charge in [-0.2, -0.15) is 4.31 Å². The van der Waals surface area contributed by atoms with E-state index in [9.17, 15) is 13.2 Å². The van der Waals surface area contributed by atoms with Gasteiger partial charge in [-0.15, -0.1) is 0 Å². The van der Waals surface area contributed by atoms with Gasteiger partial charge in [-0.25, -0.2) is 8.42 Å². The average Bonchev–Trinajstić information content (AvgIpc) is 2.53. The molecule has 1 aromatic carbocycles. The fraction of sp³-hybridized carbons (Fsp3) is 0.632. The van der Waals surface area contributed by atoms with Gasteiger partial charge in [0.1, 0.15) is 0 Å². The minimum Gasteiger partial charge on any atom is -0.349 e. The molecule has 4 saturated carbocycles. The lowest BCUT2D eigenvalue weighted by molar-refractivity contribution is -0.126. The van der Waals surface area contributed by atoms with Crippen LogP contribution in [-0.2, 0) is 14.8 Å². The SMILES string of the molecule is CN(CC(=O)NC12CC3CC(CC(C3)C1)C2)S(=O)(=O)c1ccc(Cl)cc1. The molecule has 1 aromatic rings. The Morgan fingerprint density at radius 1 is 1.12 bits per heavy atom. The monoisotopic (exact) mass is 396 g/mol. The molecule has 0 atom stereocenters. The number of rotatable bonds is 5. The first-order valence-corrected chi connectivity index (χ1v) is 11.1. The number of likely N-dealkylation sites (N-methyl/N-ethyl adjacent to an activating group) is 1. The highest BCUT2D eigenvalue weighted by Gasteiger charge is 2.51. The van der Waals surface area contributed by atoms with Crippen molar-refractivity contribution < 1.29 is 13.2 Å². The lowest BCUT2D eigenvalue weighted by Crippen LogP contribution is -2.61. The van der Waals surface area contributed by atoms with Crippen molar-refractivity contribution in [2.75, 3.05) is 13.6 Å². The topological polar surface area (TPSA) is 66.5 Å². The molecule has 4 fully saturated rings. The number of nitrogens with zero attached hydrogens (tertiary/aromatic N) is 1. The fourth-order valence-corrected chi connectivity index (χ4v) is 6.93. The van der Waals surface area contributed by atoms with Crippen molar-refractivity contribution in [1.29, 1.82) is 0 Å². The van der Waals surface area contributed by atoms with Crippen molar-refractivity contribution in [2.24, 2.45) is 17.8 Å². The van der Waals surface area contributed by atoms with Gasteiger partial charge in [-0.05, 0) is 80.5 Å². The summed E-state index contributed by atoms with van der Waals surface area (Å²) in [5.41, 5.74) is -0.100. The Bertz CT molecular complexity index is 771. The summed E-state index contributed by atoms with van der Waals surface area (Å²) in [7, 11) is -2.26. The lowest BCUT2D eigenvalue weighted by Gasteiger charge is -2.57. The van der Waals surface area contributed by atoms with E-state index in [2.05, 4.69) is 5.32 Å². The quantitative estimate of drug-likeness (QED) is 0.831. The minimum absolute atomic E-state index is 0.100. The summed E-state index contributed by atoms with van der Waals surface area (Å²) in [5.74, 6) is 2.00. The second-order valence-corrected chi connectivity index (χ2v) is 10.9. The van der Waals surface area contributed by atoms with Crippen molar-refractivity contribution in [1.82, 2.24) is 9.62 Å². The predicted molar refractivity (Wildman–Crippen MR) is 100 cm³/mol. The van der Waals surface area contributed by atoms with Crippen molar-refractivity contribution in [3.05, 3.63) is 29.3 Å². The van der Waals surface area contributed by atoms with E-state index in [1.54, 1.807) is 0 Å². The molecule has 1 amide bonds. The molecular formula is C19H25ClN2O3S. The van der Waals surface area contributed by atoms with Gasteiger partial charge >= 0.3 is 0 Å². The maximum atomic E-state index is 12.6. The third-order valence-electron chi connectivity index (χ3n) is 6.33. The molecular weight excluding hydrogens is 372 g/mol. The van der Waals surface area contributed by atoms with Crippen LogP contribution in [0.25, 0.3) is 0 Å². The van der Waals surface area contributed by atoms with Gasteiger partial charge in [-0.3, -0.25) is 4.79 Å². The summed E-state index contributed by atoms with van der Waals surface area (Å²) in [4.78, 5) is 12.8. The Kier molecular flexibility index (Phi) is 4.56. The number of carbonyl (C=O) groups excluding carboxylic acids is 1.